The molecule has 0 amide bonds. The van der Waals surface area contributed by atoms with E-state index in [-0.39, 0.29) is 24.8 Å². The summed E-state index contributed by atoms with van der Waals surface area (Å²) in [7, 11) is 0. The number of fused-ring (bicyclic) bond motifs is 1. The molecule has 0 atom stereocenters. The van der Waals surface area contributed by atoms with E-state index in [1.54, 1.807) is 13.1 Å². The molecule has 2 N–H and O–H groups in total. The van der Waals surface area contributed by atoms with Crippen LogP contribution >= 0.6 is 0 Å². The van der Waals surface area contributed by atoms with Crippen molar-refractivity contribution in [1.82, 2.24) is 24.9 Å². The molecule has 3 heterocycles. The molecule has 10 heteroatoms. The number of hydrazine groups is 1. The van der Waals surface area contributed by atoms with Crippen LogP contribution < -0.4 is 5.43 Å². The van der Waals surface area contributed by atoms with E-state index in [0.29, 0.717) is 16.6 Å². The van der Waals surface area contributed by atoms with Gasteiger partial charge in [-0.3, -0.25) is 10.2 Å². The van der Waals surface area contributed by atoms with Crippen LogP contribution in [0.1, 0.15) is 27.7 Å². The minimum atomic E-state index is -0.698. The highest BCUT2D eigenvalue weighted by Crippen LogP contribution is 2.27. The molecule has 0 saturated heterocycles. The Morgan fingerprint density at radius 3 is 2.72 bits per heavy atom. The van der Waals surface area contributed by atoms with Crippen LogP contribution in [0.4, 0.5) is 14.6 Å². The van der Waals surface area contributed by atoms with Crippen LogP contribution in [0.3, 0.4) is 0 Å². The Balaban J connectivity index is 1.95. The van der Waals surface area contributed by atoms with Crippen LogP contribution in [0.2, 0.25) is 0 Å². The third kappa shape index (κ3) is 4.65. The fourth-order valence-electron chi connectivity index (χ4n) is 2.65. The van der Waals surface area contributed by atoms with Crippen molar-refractivity contribution in [3.05, 3.63) is 36.3 Å². The maximum Gasteiger partial charge on any atom is 0.322 e. The Morgan fingerprint density at radius 1 is 1.28 bits per heavy atom. The molecule has 8 nitrogen and oxygen atoms in total. The van der Waals surface area contributed by atoms with E-state index in [0.717, 1.165) is 12.4 Å². The number of H-pyrrole nitrogens is 1. The summed E-state index contributed by atoms with van der Waals surface area (Å²) in [6, 6.07) is 1.30. The first-order valence-corrected chi connectivity index (χ1v) is 9.04. The first-order valence-electron chi connectivity index (χ1n) is 9.04. The van der Waals surface area contributed by atoms with Crippen molar-refractivity contribution >= 4 is 22.8 Å². The van der Waals surface area contributed by atoms with Gasteiger partial charge in [0.25, 0.3) is 0 Å². The lowest BCUT2D eigenvalue weighted by Crippen LogP contribution is -2.48. The lowest BCUT2D eigenvalue weighted by atomic mass is 10.1. The summed E-state index contributed by atoms with van der Waals surface area (Å²) in [6.07, 6.45) is 3.69. The normalized spacial score (nSPS) is 11.8. The Labute approximate surface area is 166 Å². The van der Waals surface area contributed by atoms with Crippen molar-refractivity contribution in [3.63, 3.8) is 0 Å². The molecule has 0 saturated carbocycles. The number of nitrogens with zero attached hydrogens (tertiary/aromatic N) is 4. The van der Waals surface area contributed by atoms with Gasteiger partial charge < -0.3 is 9.72 Å². The second kappa shape index (κ2) is 8.08. The summed E-state index contributed by atoms with van der Waals surface area (Å²) in [4.78, 5) is 27.1. The molecule has 0 unspecified atom stereocenters. The van der Waals surface area contributed by atoms with Gasteiger partial charge in [0, 0.05) is 22.7 Å². The minimum Gasteiger partial charge on any atom is -0.465 e. The van der Waals surface area contributed by atoms with Gasteiger partial charge >= 0.3 is 5.97 Å². The van der Waals surface area contributed by atoms with E-state index in [1.165, 1.54) is 11.1 Å². The van der Waals surface area contributed by atoms with Crippen molar-refractivity contribution in [2.75, 3.05) is 18.6 Å². The zero-order chi connectivity index (χ0) is 21.2. The number of carbonyl (C=O) groups is 1. The number of aromatic amines is 1. The van der Waals surface area contributed by atoms with E-state index in [2.05, 4.69) is 25.4 Å². The number of hydrogen-bond acceptors (Lipinski definition) is 7. The number of halogens is 2. The lowest BCUT2D eigenvalue weighted by molar-refractivity contribution is -0.145. The summed E-state index contributed by atoms with van der Waals surface area (Å²) in [5, 5.41) is 2.00. The molecule has 0 spiro atoms. The molecule has 154 valence electrons. The molecule has 0 radical (unpaired) electrons. The molecule has 0 fully saturated rings. The quantitative estimate of drug-likeness (QED) is 0.481. The standard InChI is InChI=1S/C19H22F2N6O2/c1-5-29-15(28)10-27(19(2,3)4)26-18-14(21)9-24-17(25-18)13-8-23-16-12(13)6-11(20)7-22-16/h6-9H,5,10H2,1-4H3,(H,22,23)(H,24,25,26). The second-order valence-corrected chi connectivity index (χ2v) is 7.32. The molecule has 0 bridgehead atoms. The summed E-state index contributed by atoms with van der Waals surface area (Å²) in [5.74, 6) is -1.60. The number of hydrogen-bond donors (Lipinski definition) is 2. The fraction of sp³-hybridized carbons (Fsp3) is 0.368. The number of carbonyl (C=O) groups excluding carboxylic acids is 1. The van der Waals surface area contributed by atoms with Crippen molar-refractivity contribution in [2.24, 2.45) is 0 Å². The van der Waals surface area contributed by atoms with E-state index in [1.807, 2.05) is 20.8 Å². The fourth-order valence-corrected chi connectivity index (χ4v) is 2.65. The molecular formula is C19H22F2N6O2. The predicted molar refractivity (Wildman–Crippen MR) is 104 cm³/mol. The Bertz CT molecular complexity index is 1030. The Morgan fingerprint density at radius 2 is 2.03 bits per heavy atom. The summed E-state index contributed by atoms with van der Waals surface area (Å²) in [5.41, 5.74) is 3.24. The van der Waals surface area contributed by atoms with Crippen LogP contribution in [-0.2, 0) is 9.53 Å². The van der Waals surface area contributed by atoms with Crippen LogP contribution in [0.25, 0.3) is 22.4 Å². The van der Waals surface area contributed by atoms with E-state index in [9.17, 15) is 13.6 Å². The van der Waals surface area contributed by atoms with Gasteiger partial charge in [-0.2, -0.15) is 0 Å². The SMILES string of the molecule is CCOC(=O)CN(Nc1nc(-c2c[nH]c3ncc(F)cc23)ncc1F)C(C)(C)C. The van der Waals surface area contributed by atoms with Crippen LogP contribution in [0, 0.1) is 11.6 Å². The number of nitrogens with one attached hydrogen (secondary N) is 2. The minimum absolute atomic E-state index is 0.113. The molecular weight excluding hydrogens is 382 g/mol. The average molecular weight is 404 g/mol. The number of pyridine rings is 1. The molecule has 3 aromatic rings. The number of esters is 1. The monoisotopic (exact) mass is 404 g/mol. The largest absolute Gasteiger partial charge is 0.465 e. The van der Waals surface area contributed by atoms with Crippen LogP contribution in [0.15, 0.2) is 24.7 Å². The first kappa shape index (κ1) is 20.6. The van der Waals surface area contributed by atoms with E-state index in [4.69, 9.17) is 4.74 Å². The molecule has 3 aromatic heterocycles. The third-order valence-electron chi connectivity index (χ3n) is 4.13. The number of aromatic nitrogens is 4. The topological polar surface area (TPSA) is 96.0 Å². The van der Waals surface area contributed by atoms with E-state index < -0.39 is 23.1 Å². The molecule has 3 rings (SSSR count). The molecule has 0 aliphatic heterocycles. The number of ether oxygens (including phenoxy) is 1. The first-order chi connectivity index (χ1) is 13.7. The van der Waals surface area contributed by atoms with Gasteiger partial charge in [-0.25, -0.2) is 28.7 Å². The highest BCUT2D eigenvalue weighted by molar-refractivity contribution is 5.91. The maximum absolute atomic E-state index is 14.4. The summed E-state index contributed by atoms with van der Waals surface area (Å²) in [6.45, 7) is 7.41. The Hall–Kier alpha value is -3.14. The lowest BCUT2D eigenvalue weighted by Gasteiger charge is -2.35. The highest BCUT2D eigenvalue weighted by Gasteiger charge is 2.26. The van der Waals surface area contributed by atoms with Gasteiger partial charge in [0.2, 0.25) is 0 Å². The van der Waals surface area contributed by atoms with Gasteiger partial charge in [0.05, 0.1) is 19.0 Å². The van der Waals surface area contributed by atoms with Gasteiger partial charge in [-0.1, -0.05) is 0 Å². The van der Waals surface area contributed by atoms with Crippen molar-refractivity contribution in [3.8, 4) is 11.4 Å². The number of rotatable bonds is 6. The molecule has 0 aliphatic carbocycles. The van der Waals surface area contributed by atoms with Crippen molar-refractivity contribution < 1.29 is 18.3 Å². The molecule has 0 aliphatic rings. The number of anilines is 1. The van der Waals surface area contributed by atoms with E-state index >= 15 is 0 Å². The third-order valence-corrected chi connectivity index (χ3v) is 4.13. The van der Waals surface area contributed by atoms with Crippen LogP contribution in [-0.4, -0.2) is 49.6 Å². The zero-order valence-corrected chi connectivity index (χ0v) is 16.6. The van der Waals surface area contributed by atoms with Gasteiger partial charge in [0.15, 0.2) is 17.5 Å². The van der Waals surface area contributed by atoms with Crippen molar-refractivity contribution in [1.29, 1.82) is 0 Å². The predicted octanol–water partition coefficient (Wildman–Crippen LogP) is 3.29. The average Bonchev–Trinajstić information content (AvgIpc) is 3.05. The second-order valence-electron chi connectivity index (χ2n) is 7.32. The van der Waals surface area contributed by atoms with Gasteiger partial charge in [0.1, 0.15) is 18.0 Å². The van der Waals surface area contributed by atoms with Gasteiger partial charge in [-0.15, -0.1) is 0 Å². The summed E-state index contributed by atoms with van der Waals surface area (Å²) >= 11 is 0. The van der Waals surface area contributed by atoms with Gasteiger partial charge in [-0.05, 0) is 33.8 Å². The zero-order valence-electron chi connectivity index (χ0n) is 16.6. The summed E-state index contributed by atoms with van der Waals surface area (Å²) < 4.78 is 33.0. The Kier molecular flexibility index (Phi) is 5.73. The molecule has 0 aromatic carbocycles. The van der Waals surface area contributed by atoms with Crippen LogP contribution in [0.5, 0.6) is 0 Å². The molecule has 29 heavy (non-hydrogen) atoms. The maximum atomic E-state index is 14.4. The smallest absolute Gasteiger partial charge is 0.322 e. The van der Waals surface area contributed by atoms with Crippen molar-refractivity contribution in [2.45, 2.75) is 33.2 Å². The highest BCUT2D eigenvalue weighted by atomic mass is 19.1.